The van der Waals surface area contributed by atoms with E-state index in [1.54, 1.807) is 0 Å². The van der Waals surface area contributed by atoms with E-state index in [0.29, 0.717) is 18.2 Å². The molecule has 5 nitrogen and oxygen atoms in total. The van der Waals surface area contributed by atoms with E-state index in [0.717, 1.165) is 38.0 Å². The lowest BCUT2D eigenvalue weighted by atomic mass is 9.97. The van der Waals surface area contributed by atoms with Crippen molar-refractivity contribution in [2.45, 2.75) is 19.4 Å². The van der Waals surface area contributed by atoms with Gasteiger partial charge in [0.15, 0.2) is 6.61 Å². The average molecular weight is 291 g/mol. The monoisotopic (exact) mass is 291 g/mol. The number of piperidine rings is 1. The first-order valence-corrected chi connectivity index (χ1v) is 7.55. The Kier molecular flexibility index (Phi) is 6.02. The van der Waals surface area contributed by atoms with Gasteiger partial charge in [-0.2, -0.15) is 0 Å². The zero-order chi connectivity index (χ0) is 15.1. The minimum atomic E-state index is -0.0687. The normalized spacial score (nSPS) is 16.7. The number of carbonyl (C=O) groups excluding carboxylic acids is 1. The van der Waals surface area contributed by atoms with E-state index in [4.69, 9.17) is 10.5 Å². The molecule has 116 valence electrons. The van der Waals surface area contributed by atoms with Gasteiger partial charge in [-0.3, -0.25) is 4.79 Å². The predicted octanol–water partition coefficient (Wildman–Crippen LogP) is 0.982. The SMILES string of the molecule is CN1CCC(CNC(=O)COc2ccccc2CN)CC1. The molecule has 0 aliphatic carbocycles. The molecule has 1 fully saturated rings. The number of ether oxygens (including phenoxy) is 1. The maximum absolute atomic E-state index is 11.8. The van der Waals surface area contributed by atoms with Crippen molar-refractivity contribution in [3.63, 3.8) is 0 Å². The average Bonchev–Trinajstić information content (AvgIpc) is 2.52. The van der Waals surface area contributed by atoms with Gasteiger partial charge in [-0.05, 0) is 45.0 Å². The Morgan fingerprint density at radius 3 is 2.81 bits per heavy atom. The molecule has 1 amide bonds. The van der Waals surface area contributed by atoms with Crippen LogP contribution in [0.1, 0.15) is 18.4 Å². The van der Waals surface area contributed by atoms with Gasteiger partial charge in [-0.1, -0.05) is 18.2 Å². The van der Waals surface area contributed by atoms with Gasteiger partial charge in [0, 0.05) is 18.7 Å². The van der Waals surface area contributed by atoms with Crippen LogP contribution in [0.15, 0.2) is 24.3 Å². The van der Waals surface area contributed by atoms with Crippen molar-refractivity contribution in [3.05, 3.63) is 29.8 Å². The molecule has 1 aromatic rings. The van der Waals surface area contributed by atoms with Crippen LogP contribution in [-0.2, 0) is 11.3 Å². The minimum absolute atomic E-state index is 0.0453. The molecule has 21 heavy (non-hydrogen) atoms. The molecule has 1 heterocycles. The number of hydrogen-bond donors (Lipinski definition) is 2. The molecule has 2 rings (SSSR count). The maximum Gasteiger partial charge on any atom is 0.257 e. The molecular weight excluding hydrogens is 266 g/mol. The molecule has 1 aliphatic rings. The Bertz CT molecular complexity index is 457. The second kappa shape index (κ2) is 8.00. The van der Waals surface area contributed by atoms with Gasteiger partial charge in [-0.15, -0.1) is 0 Å². The maximum atomic E-state index is 11.8. The molecule has 0 aromatic heterocycles. The van der Waals surface area contributed by atoms with Gasteiger partial charge < -0.3 is 20.7 Å². The van der Waals surface area contributed by atoms with Crippen LogP contribution in [0.2, 0.25) is 0 Å². The van der Waals surface area contributed by atoms with E-state index >= 15 is 0 Å². The Morgan fingerprint density at radius 2 is 2.10 bits per heavy atom. The van der Waals surface area contributed by atoms with Crippen molar-refractivity contribution in [3.8, 4) is 5.75 Å². The number of amides is 1. The van der Waals surface area contributed by atoms with Crippen LogP contribution in [0, 0.1) is 5.92 Å². The summed E-state index contributed by atoms with van der Waals surface area (Å²) in [6, 6.07) is 7.54. The van der Waals surface area contributed by atoms with Crippen molar-refractivity contribution in [2.24, 2.45) is 11.7 Å². The molecule has 0 saturated carbocycles. The standard InChI is InChI=1S/C16H25N3O2/c1-19-8-6-13(7-9-19)11-18-16(20)12-21-15-5-3-2-4-14(15)10-17/h2-5,13H,6-12,17H2,1H3,(H,18,20). The zero-order valence-corrected chi connectivity index (χ0v) is 12.7. The van der Waals surface area contributed by atoms with Crippen LogP contribution < -0.4 is 15.8 Å². The largest absolute Gasteiger partial charge is 0.483 e. The fourth-order valence-corrected chi connectivity index (χ4v) is 2.53. The molecule has 1 saturated heterocycles. The number of benzene rings is 1. The number of likely N-dealkylation sites (tertiary alicyclic amines) is 1. The summed E-state index contributed by atoms with van der Waals surface area (Å²) in [5, 5.41) is 2.96. The molecule has 0 bridgehead atoms. The molecule has 5 heteroatoms. The Balaban J connectivity index is 1.70. The van der Waals surface area contributed by atoms with Crippen LogP contribution in [-0.4, -0.2) is 44.1 Å². The Hall–Kier alpha value is -1.59. The quantitative estimate of drug-likeness (QED) is 0.820. The number of nitrogens with one attached hydrogen (secondary N) is 1. The molecule has 3 N–H and O–H groups in total. The van der Waals surface area contributed by atoms with Gasteiger partial charge in [-0.25, -0.2) is 0 Å². The predicted molar refractivity (Wildman–Crippen MR) is 83.1 cm³/mol. The summed E-state index contributed by atoms with van der Waals surface area (Å²) in [6.07, 6.45) is 2.29. The van der Waals surface area contributed by atoms with E-state index in [-0.39, 0.29) is 12.5 Å². The zero-order valence-electron chi connectivity index (χ0n) is 12.7. The summed E-state index contributed by atoms with van der Waals surface area (Å²) in [6.45, 7) is 3.42. The molecular formula is C16H25N3O2. The summed E-state index contributed by atoms with van der Waals surface area (Å²) in [5.74, 6) is 1.21. The van der Waals surface area contributed by atoms with E-state index in [1.807, 2.05) is 24.3 Å². The van der Waals surface area contributed by atoms with Crippen LogP contribution in [0.25, 0.3) is 0 Å². The Labute approximate surface area is 126 Å². The number of nitrogens with two attached hydrogens (primary N) is 1. The molecule has 0 radical (unpaired) electrons. The third-order valence-electron chi connectivity index (χ3n) is 3.98. The first kappa shape index (κ1) is 15.8. The number of hydrogen-bond acceptors (Lipinski definition) is 4. The van der Waals surface area contributed by atoms with Crippen LogP contribution in [0.5, 0.6) is 5.75 Å². The summed E-state index contributed by atoms with van der Waals surface area (Å²) < 4.78 is 5.55. The van der Waals surface area contributed by atoms with Gasteiger partial charge in [0.05, 0.1) is 0 Å². The van der Waals surface area contributed by atoms with Crippen LogP contribution >= 0.6 is 0 Å². The third-order valence-corrected chi connectivity index (χ3v) is 3.98. The molecule has 0 atom stereocenters. The van der Waals surface area contributed by atoms with Gasteiger partial charge in [0.1, 0.15) is 5.75 Å². The number of rotatable bonds is 6. The highest BCUT2D eigenvalue weighted by Gasteiger charge is 2.17. The lowest BCUT2D eigenvalue weighted by molar-refractivity contribution is -0.123. The minimum Gasteiger partial charge on any atom is -0.483 e. The molecule has 0 unspecified atom stereocenters. The van der Waals surface area contributed by atoms with E-state index in [2.05, 4.69) is 17.3 Å². The summed E-state index contributed by atoms with van der Waals surface area (Å²) >= 11 is 0. The summed E-state index contributed by atoms with van der Waals surface area (Å²) in [4.78, 5) is 14.2. The highest BCUT2D eigenvalue weighted by atomic mass is 16.5. The van der Waals surface area contributed by atoms with Gasteiger partial charge in [0.25, 0.3) is 5.91 Å². The topological polar surface area (TPSA) is 67.6 Å². The van der Waals surface area contributed by atoms with Gasteiger partial charge in [0.2, 0.25) is 0 Å². The molecule has 0 spiro atoms. The fourth-order valence-electron chi connectivity index (χ4n) is 2.53. The first-order valence-electron chi connectivity index (χ1n) is 7.55. The second-order valence-corrected chi connectivity index (χ2v) is 5.65. The Morgan fingerprint density at radius 1 is 1.38 bits per heavy atom. The fraction of sp³-hybridized carbons (Fsp3) is 0.562. The van der Waals surface area contributed by atoms with Crippen molar-refractivity contribution >= 4 is 5.91 Å². The van der Waals surface area contributed by atoms with E-state index < -0.39 is 0 Å². The number of para-hydroxylation sites is 1. The highest BCUT2D eigenvalue weighted by molar-refractivity contribution is 5.77. The second-order valence-electron chi connectivity index (χ2n) is 5.65. The lowest BCUT2D eigenvalue weighted by Crippen LogP contribution is -2.38. The van der Waals surface area contributed by atoms with Crippen LogP contribution in [0.3, 0.4) is 0 Å². The number of nitrogens with zero attached hydrogens (tertiary/aromatic N) is 1. The van der Waals surface area contributed by atoms with E-state index in [1.165, 1.54) is 0 Å². The highest BCUT2D eigenvalue weighted by Crippen LogP contribution is 2.17. The van der Waals surface area contributed by atoms with Crippen molar-refractivity contribution in [1.82, 2.24) is 10.2 Å². The van der Waals surface area contributed by atoms with Crippen molar-refractivity contribution < 1.29 is 9.53 Å². The molecule has 1 aliphatic heterocycles. The smallest absolute Gasteiger partial charge is 0.257 e. The third kappa shape index (κ3) is 5.02. The first-order chi connectivity index (χ1) is 10.2. The molecule has 1 aromatic carbocycles. The van der Waals surface area contributed by atoms with E-state index in [9.17, 15) is 4.79 Å². The van der Waals surface area contributed by atoms with Crippen LogP contribution in [0.4, 0.5) is 0 Å². The van der Waals surface area contributed by atoms with Crippen molar-refractivity contribution in [1.29, 1.82) is 0 Å². The van der Waals surface area contributed by atoms with Crippen molar-refractivity contribution in [2.75, 3.05) is 33.3 Å². The lowest BCUT2D eigenvalue weighted by Gasteiger charge is -2.28. The summed E-state index contributed by atoms with van der Waals surface area (Å²) in [7, 11) is 2.14. The number of carbonyl (C=O) groups is 1. The summed E-state index contributed by atoms with van der Waals surface area (Å²) in [5.41, 5.74) is 6.56. The van der Waals surface area contributed by atoms with Gasteiger partial charge >= 0.3 is 0 Å².